The lowest BCUT2D eigenvalue weighted by atomic mass is 10.0. The van der Waals surface area contributed by atoms with Gasteiger partial charge in [0.2, 0.25) is 0 Å². The Bertz CT molecular complexity index is 490. The number of nitrogens with zero attached hydrogens (tertiary/aromatic N) is 1. The van der Waals surface area contributed by atoms with Gasteiger partial charge in [-0.15, -0.1) is 11.3 Å². The molecule has 2 rings (SSSR count). The van der Waals surface area contributed by atoms with Gasteiger partial charge in [0.25, 0.3) is 0 Å². The molecule has 2 heterocycles. The molecule has 0 aliphatic heterocycles. The number of hydrogen-bond acceptors (Lipinski definition) is 4. The number of thiophene rings is 1. The minimum Gasteiger partial charge on any atom is -0.468 e. The van der Waals surface area contributed by atoms with E-state index in [1.54, 1.807) is 17.6 Å². The van der Waals surface area contributed by atoms with Gasteiger partial charge < -0.3 is 10.2 Å². The molecule has 0 amide bonds. The molecule has 0 aliphatic carbocycles. The fourth-order valence-electron chi connectivity index (χ4n) is 2.43. The third kappa shape index (κ3) is 3.26. The van der Waals surface area contributed by atoms with Gasteiger partial charge in [-0.2, -0.15) is 0 Å². The zero-order chi connectivity index (χ0) is 13.8. The molecule has 0 spiro atoms. The summed E-state index contributed by atoms with van der Waals surface area (Å²) in [6.07, 6.45) is 1.72. The first-order valence-corrected chi connectivity index (χ1v) is 7.57. The van der Waals surface area contributed by atoms with Gasteiger partial charge in [-0.05, 0) is 49.5 Å². The van der Waals surface area contributed by atoms with E-state index in [1.165, 1.54) is 10.4 Å². The summed E-state index contributed by atoms with van der Waals surface area (Å²) in [5.74, 6) is 0.988. The molecule has 2 N–H and O–H groups in total. The summed E-state index contributed by atoms with van der Waals surface area (Å²) in [5, 5.41) is 2.14. The summed E-state index contributed by atoms with van der Waals surface area (Å²) in [6, 6.07) is 6.45. The Morgan fingerprint density at radius 1 is 1.42 bits per heavy atom. The van der Waals surface area contributed by atoms with E-state index in [0.717, 1.165) is 18.8 Å². The maximum atomic E-state index is 6.24. The van der Waals surface area contributed by atoms with E-state index in [0.29, 0.717) is 0 Å². The van der Waals surface area contributed by atoms with E-state index in [1.807, 2.05) is 12.1 Å². The van der Waals surface area contributed by atoms with Crippen molar-refractivity contribution in [3.8, 4) is 0 Å². The first kappa shape index (κ1) is 14.3. The van der Waals surface area contributed by atoms with Crippen LogP contribution < -0.4 is 5.73 Å². The summed E-state index contributed by atoms with van der Waals surface area (Å²) in [4.78, 5) is 3.74. The molecule has 4 heteroatoms. The maximum absolute atomic E-state index is 6.24. The van der Waals surface area contributed by atoms with Gasteiger partial charge in [-0.3, -0.25) is 4.90 Å². The standard InChI is InChI=1S/C15H22N2OS/c1-4-17(10-13-6-5-8-18-13)14(12(3)16)15-11(2)7-9-19-15/h5-9,12,14H,4,10,16H2,1-3H3. The lowest BCUT2D eigenvalue weighted by molar-refractivity contribution is 0.166. The molecule has 0 bridgehead atoms. The van der Waals surface area contributed by atoms with Gasteiger partial charge in [0.15, 0.2) is 0 Å². The van der Waals surface area contributed by atoms with Gasteiger partial charge in [-0.1, -0.05) is 6.92 Å². The quantitative estimate of drug-likeness (QED) is 0.878. The molecule has 0 aromatic carbocycles. The molecule has 0 saturated carbocycles. The number of nitrogens with two attached hydrogens (primary N) is 1. The van der Waals surface area contributed by atoms with Crippen LogP contribution in [0.4, 0.5) is 0 Å². The van der Waals surface area contributed by atoms with Crippen molar-refractivity contribution in [3.05, 3.63) is 46.0 Å². The van der Waals surface area contributed by atoms with E-state index in [2.05, 4.69) is 37.1 Å². The first-order valence-electron chi connectivity index (χ1n) is 6.69. The van der Waals surface area contributed by atoms with E-state index >= 15 is 0 Å². The Morgan fingerprint density at radius 3 is 2.68 bits per heavy atom. The van der Waals surface area contributed by atoms with Crippen molar-refractivity contribution >= 4 is 11.3 Å². The third-order valence-corrected chi connectivity index (χ3v) is 4.50. The molecular formula is C15H22N2OS. The zero-order valence-corrected chi connectivity index (χ0v) is 12.6. The molecule has 104 valence electrons. The van der Waals surface area contributed by atoms with Gasteiger partial charge in [0.05, 0.1) is 18.8 Å². The highest BCUT2D eigenvalue weighted by atomic mass is 32.1. The highest BCUT2D eigenvalue weighted by molar-refractivity contribution is 7.10. The minimum atomic E-state index is 0.0901. The van der Waals surface area contributed by atoms with E-state index in [4.69, 9.17) is 10.2 Å². The maximum Gasteiger partial charge on any atom is 0.117 e. The molecule has 2 aromatic heterocycles. The summed E-state index contributed by atoms with van der Waals surface area (Å²) >= 11 is 1.79. The molecule has 19 heavy (non-hydrogen) atoms. The molecule has 0 aliphatic rings. The Labute approximate surface area is 119 Å². The third-order valence-electron chi connectivity index (χ3n) is 3.41. The van der Waals surface area contributed by atoms with Crippen molar-refractivity contribution < 1.29 is 4.42 Å². The smallest absolute Gasteiger partial charge is 0.117 e. The Morgan fingerprint density at radius 2 is 2.21 bits per heavy atom. The zero-order valence-electron chi connectivity index (χ0n) is 11.8. The van der Waals surface area contributed by atoms with Crippen LogP contribution in [0.1, 0.15) is 36.1 Å². The van der Waals surface area contributed by atoms with Crippen LogP contribution in [0.5, 0.6) is 0 Å². The number of rotatable bonds is 6. The van der Waals surface area contributed by atoms with Crippen molar-refractivity contribution in [3.63, 3.8) is 0 Å². The molecule has 2 aromatic rings. The summed E-state index contributed by atoms with van der Waals surface area (Å²) in [6.45, 7) is 8.15. The molecular weight excluding hydrogens is 256 g/mol. The molecule has 0 saturated heterocycles. The van der Waals surface area contributed by atoms with Gasteiger partial charge in [-0.25, -0.2) is 0 Å². The first-order chi connectivity index (χ1) is 9.13. The van der Waals surface area contributed by atoms with Gasteiger partial charge >= 0.3 is 0 Å². The lowest BCUT2D eigenvalue weighted by Crippen LogP contribution is -2.39. The fraction of sp³-hybridized carbons (Fsp3) is 0.467. The normalized spacial score (nSPS) is 14.8. The van der Waals surface area contributed by atoms with Crippen molar-refractivity contribution in [2.24, 2.45) is 5.73 Å². The molecule has 0 fully saturated rings. The Kier molecular flexibility index (Phi) is 4.80. The second kappa shape index (κ2) is 6.37. The van der Waals surface area contributed by atoms with Crippen LogP contribution in [-0.2, 0) is 6.54 Å². The number of hydrogen-bond donors (Lipinski definition) is 1. The average Bonchev–Trinajstić information content (AvgIpc) is 3.00. The van der Waals surface area contributed by atoms with Gasteiger partial charge in [0, 0.05) is 10.9 Å². The van der Waals surface area contributed by atoms with Crippen molar-refractivity contribution in [1.29, 1.82) is 0 Å². The average molecular weight is 278 g/mol. The SMILES string of the molecule is CCN(Cc1ccco1)C(c1sccc1C)C(C)N. The predicted molar refractivity (Wildman–Crippen MR) is 80.2 cm³/mol. The van der Waals surface area contributed by atoms with Gasteiger partial charge in [0.1, 0.15) is 5.76 Å². The number of aryl methyl sites for hydroxylation is 1. The predicted octanol–water partition coefficient (Wildman–Crippen LogP) is 3.56. The highest BCUT2D eigenvalue weighted by Crippen LogP contribution is 2.31. The van der Waals surface area contributed by atoms with Crippen LogP contribution >= 0.6 is 11.3 Å². The largest absolute Gasteiger partial charge is 0.468 e. The van der Waals surface area contributed by atoms with Crippen molar-refractivity contribution in [1.82, 2.24) is 4.90 Å². The Balaban J connectivity index is 2.24. The molecule has 2 atom stereocenters. The number of furan rings is 1. The Hall–Kier alpha value is -1.10. The van der Waals surface area contributed by atoms with Crippen molar-refractivity contribution in [2.45, 2.75) is 39.4 Å². The van der Waals surface area contributed by atoms with E-state index in [-0.39, 0.29) is 12.1 Å². The highest BCUT2D eigenvalue weighted by Gasteiger charge is 2.26. The minimum absolute atomic E-state index is 0.0901. The van der Waals surface area contributed by atoms with Crippen molar-refractivity contribution in [2.75, 3.05) is 6.54 Å². The monoisotopic (exact) mass is 278 g/mol. The van der Waals surface area contributed by atoms with Crippen LogP contribution in [0.25, 0.3) is 0 Å². The lowest BCUT2D eigenvalue weighted by Gasteiger charge is -2.32. The van der Waals surface area contributed by atoms with Crippen LogP contribution in [0.15, 0.2) is 34.3 Å². The van der Waals surface area contributed by atoms with Crippen LogP contribution in [0, 0.1) is 6.92 Å². The second-order valence-electron chi connectivity index (χ2n) is 4.91. The fourth-order valence-corrected chi connectivity index (χ4v) is 3.61. The molecule has 3 nitrogen and oxygen atoms in total. The summed E-state index contributed by atoms with van der Waals surface area (Å²) in [7, 11) is 0. The summed E-state index contributed by atoms with van der Waals surface area (Å²) < 4.78 is 5.46. The topological polar surface area (TPSA) is 42.4 Å². The van der Waals surface area contributed by atoms with E-state index < -0.39 is 0 Å². The second-order valence-corrected chi connectivity index (χ2v) is 5.86. The molecule has 0 radical (unpaired) electrons. The summed E-state index contributed by atoms with van der Waals surface area (Å²) in [5.41, 5.74) is 7.56. The van der Waals surface area contributed by atoms with Crippen LogP contribution in [-0.4, -0.2) is 17.5 Å². The molecule has 2 unspecified atom stereocenters. The van der Waals surface area contributed by atoms with E-state index in [9.17, 15) is 0 Å². The number of likely N-dealkylation sites (N-methyl/N-ethyl adjacent to an activating group) is 1. The van der Waals surface area contributed by atoms with Crippen LogP contribution in [0.2, 0.25) is 0 Å². The van der Waals surface area contributed by atoms with Crippen LogP contribution in [0.3, 0.4) is 0 Å².